The quantitative estimate of drug-likeness (QED) is 0.544. The molecule has 1 N–H and O–H groups in total. The topological polar surface area (TPSA) is 75.7 Å². The van der Waals surface area contributed by atoms with Gasteiger partial charge in [0.1, 0.15) is 12.3 Å². The average molecular weight is 439 g/mol. The number of carbonyl (C=O) groups excluding carboxylic acids is 1. The molecule has 0 aliphatic carbocycles. The van der Waals surface area contributed by atoms with Crippen LogP contribution in [0.4, 0.5) is 5.69 Å². The molecule has 0 aliphatic rings. The minimum absolute atomic E-state index is 0.0834. The van der Waals surface area contributed by atoms with E-state index in [0.717, 1.165) is 9.87 Å². The molecule has 31 heavy (non-hydrogen) atoms. The molecule has 3 aromatic carbocycles. The van der Waals surface area contributed by atoms with Gasteiger partial charge in [0.25, 0.3) is 10.0 Å². The summed E-state index contributed by atoms with van der Waals surface area (Å²) in [6.07, 6.45) is 0.687. The highest BCUT2D eigenvalue weighted by atomic mass is 32.2. The van der Waals surface area contributed by atoms with Crippen molar-refractivity contribution < 1.29 is 17.9 Å². The maximum absolute atomic E-state index is 13.4. The Balaban J connectivity index is 1.88. The number of methoxy groups -OCH3 is 1. The maximum Gasteiger partial charge on any atom is 0.264 e. The number of nitrogens with one attached hydrogen (secondary N) is 1. The van der Waals surface area contributed by atoms with Crippen LogP contribution in [0.15, 0.2) is 89.8 Å². The third-order valence-electron chi connectivity index (χ3n) is 4.92. The van der Waals surface area contributed by atoms with Crippen LogP contribution in [-0.4, -0.2) is 28.0 Å². The highest BCUT2D eigenvalue weighted by Crippen LogP contribution is 2.25. The number of carbonyl (C=O) groups is 1. The predicted octanol–water partition coefficient (Wildman–Crippen LogP) is 4.16. The molecule has 0 saturated carbocycles. The van der Waals surface area contributed by atoms with Gasteiger partial charge in [0.15, 0.2) is 0 Å². The number of rotatable bonds is 9. The van der Waals surface area contributed by atoms with Crippen molar-refractivity contribution in [2.24, 2.45) is 0 Å². The van der Waals surface area contributed by atoms with E-state index >= 15 is 0 Å². The van der Waals surface area contributed by atoms with Crippen LogP contribution >= 0.6 is 0 Å². The Morgan fingerprint density at radius 3 is 2.06 bits per heavy atom. The highest BCUT2D eigenvalue weighted by Gasteiger charge is 2.28. The van der Waals surface area contributed by atoms with Crippen molar-refractivity contribution in [3.8, 4) is 5.75 Å². The summed E-state index contributed by atoms with van der Waals surface area (Å²) in [4.78, 5) is 13.0. The zero-order valence-electron chi connectivity index (χ0n) is 17.6. The summed E-state index contributed by atoms with van der Waals surface area (Å²) in [5.41, 5.74) is 1.39. The van der Waals surface area contributed by atoms with Gasteiger partial charge in [-0.15, -0.1) is 0 Å². The molecule has 6 nitrogen and oxygen atoms in total. The number of ether oxygens (including phenoxy) is 1. The third kappa shape index (κ3) is 5.44. The van der Waals surface area contributed by atoms with Crippen LogP contribution in [0.1, 0.15) is 24.9 Å². The van der Waals surface area contributed by atoms with Crippen LogP contribution < -0.4 is 14.4 Å². The van der Waals surface area contributed by atoms with Gasteiger partial charge in [0.05, 0.1) is 23.7 Å². The molecule has 0 aromatic heterocycles. The van der Waals surface area contributed by atoms with E-state index in [4.69, 9.17) is 4.74 Å². The number of amides is 1. The normalized spacial score (nSPS) is 12.1. The fraction of sp³-hybridized carbons (Fsp3) is 0.208. The summed E-state index contributed by atoms with van der Waals surface area (Å²) in [6.45, 7) is 1.64. The zero-order valence-corrected chi connectivity index (χ0v) is 18.4. The number of benzene rings is 3. The predicted molar refractivity (Wildman–Crippen MR) is 122 cm³/mol. The number of hydrogen-bond donors (Lipinski definition) is 1. The van der Waals surface area contributed by atoms with E-state index in [9.17, 15) is 13.2 Å². The van der Waals surface area contributed by atoms with Crippen LogP contribution in [0, 0.1) is 0 Å². The summed E-state index contributed by atoms with van der Waals surface area (Å²) in [7, 11) is -2.45. The number of hydrogen-bond acceptors (Lipinski definition) is 4. The summed E-state index contributed by atoms with van der Waals surface area (Å²) >= 11 is 0. The second-order valence-corrected chi connectivity index (χ2v) is 8.82. The van der Waals surface area contributed by atoms with E-state index in [-0.39, 0.29) is 23.4 Å². The SMILES string of the molecule is CC[C@H](NC(=O)CN(c1ccccc1)S(=O)(=O)c1ccc(OC)cc1)c1ccccc1. The lowest BCUT2D eigenvalue weighted by atomic mass is 10.0. The minimum atomic E-state index is -3.96. The van der Waals surface area contributed by atoms with Gasteiger partial charge in [-0.3, -0.25) is 9.10 Å². The molecule has 0 fully saturated rings. The van der Waals surface area contributed by atoms with E-state index in [1.54, 1.807) is 42.5 Å². The molecule has 0 radical (unpaired) electrons. The zero-order chi connectivity index (χ0) is 22.3. The lowest BCUT2D eigenvalue weighted by molar-refractivity contribution is -0.120. The van der Waals surface area contributed by atoms with Crippen molar-refractivity contribution in [1.82, 2.24) is 5.32 Å². The fourth-order valence-corrected chi connectivity index (χ4v) is 4.68. The Morgan fingerprint density at radius 1 is 0.935 bits per heavy atom. The van der Waals surface area contributed by atoms with Gasteiger partial charge in [0, 0.05) is 0 Å². The lowest BCUT2D eigenvalue weighted by Crippen LogP contribution is -2.42. The third-order valence-corrected chi connectivity index (χ3v) is 6.71. The van der Waals surface area contributed by atoms with E-state index in [1.807, 2.05) is 37.3 Å². The largest absolute Gasteiger partial charge is 0.497 e. The van der Waals surface area contributed by atoms with Crippen molar-refractivity contribution in [3.05, 3.63) is 90.5 Å². The van der Waals surface area contributed by atoms with Gasteiger partial charge in [-0.25, -0.2) is 8.42 Å². The molecule has 0 unspecified atom stereocenters. The lowest BCUT2D eigenvalue weighted by Gasteiger charge is -2.25. The van der Waals surface area contributed by atoms with Gasteiger partial charge in [0.2, 0.25) is 5.91 Å². The Kier molecular flexibility index (Phi) is 7.31. The van der Waals surface area contributed by atoms with Crippen molar-refractivity contribution in [2.45, 2.75) is 24.3 Å². The van der Waals surface area contributed by atoms with Gasteiger partial charge < -0.3 is 10.1 Å². The Labute approximate surface area is 183 Å². The van der Waals surface area contributed by atoms with Crippen molar-refractivity contribution in [3.63, 3.8) is 0 Å². The van der Waals surface area contributed by atoms with E-state index < -0.39 is 10.0 Å². The fourth-order valence-electron chi connectivity index (χ4n) is 3.26. The van der Waals surface area contributed by atoms with Gasteiger partial charge in [-0.1, -0.05) is 55.5 Å². The number of anilines is 1. The molecule has 0 spiro atoms. The van der Waals surface area contributed by atoms with Crippen LogP contribution in [0.25, 0.3) is 0 Å². The van der Waals surface area contributed by atoms with Crippen molar-refractivity contribution in [2.75, 3.05) is 18.0 Å². The molecule has 1 atom stereocenters. The summed E-state index contributed by atoms with van der Waals surface area (Å²) < 4.78 is 33.0. The van der Waals surface area contributed by atoms with Crippen LogP contribution in [0.5, 0.6) is 5.75 Å². The number of nitrogens with zero attached hydrogens (tertiary/aromatic N) is 1. The number of sulfonamides is 1. The molecule has 0 bridgehead atoms. The van der Waals surface area contributed by atoms with Crippen molar-refractivity contribution in [1.29, 1.82) is 0 Å². The Morgan fingerprint density at radius 2 is 1.52 bits per heavy atom. The van der Waals surface area contributed by atoms with Crippen molar-refractivity contribution >= 4 is 21.6 Å². The molecule has 0 heterocycles. The first kappa shape index (κ1) is 22.4. The summed E-state index contributed by atoms with van der Waals surface area (Å²) in [5, 5.41) is 2.96. The monoisotopic (exact) mass is 438 g/mol. The molecule has 3 rings (SSSR count). The molecule has 3 aromatic rings. The smallest absolute Gasteiger partial charge is 0.264 e. The minimum Gasteiger partial charge on any atom is -0.497 e. The molecule has 0 saturated heterocycles. The molecule has 0 aliphatic heterocycles. The summed E-state index contributed by atoms with van der Waals surface area (Å²) in [6, 6.07) is 24.1. The number of para-hydroxylation sites is 1. The average Bonchev–Trinajstić information content (AvgIpc) is 2.82. The first-order chi connectivity index (χ1) is 15.0. The van der Waals surface area contributed by atoms with Gasteiger partial charge in [-0.05, 0) is 48.4 Å². The van der Waals surface area contributed by atoms with E-state index in [0.29, 0.717) is 17.9 Å². The molecule has 7 heteroatoms. The van der Waals surface area contributed by atoms with Crippen LogP contribution in [-0.2, 0) is 14.8 Å². The Hall–Kier alpha value is -3.32. The van der Waals surface area contributed by atoms with Gasteiger partial charge >= 0.3 is 0 Å². The molecular formula is C24H26N2O4S. The summed E-state index contributed by atoms with van der Waals surface area (Å²) in [5.74, 6) is 0.174. The molecular weight excluding hydrogens is 412 g/mol. The molecule has 162 valence electrons. The first-order valence-corrected chi connectivity index (χ1v) is 11.5. The molecule has 1 amide bonds. The second-order valence-electron chi connectivity index (χ2n) is 6.96. The Bertz CT molecular complexity index is 1090. The standard InChI is InChI=1S/C24H26N2O4S/c1-3-23(19-10-6-4-7-11-19)25-24(27)18-26(20-12-8-5-9-13-20)31(28,29)22-16-14-21(30-2)15-17-22/h4-17,23H,3,18H2,1-2H3,(H,25,27)/t23-/m0/s1. The van der Waals surface area contributed by atoms with E-state index in [2.05, 4.69) is 5.32 Å². The highest BCUT2D eigenvalue weighted by molar-refractivity contribution is 7.92. The second kappa shape index (κ2) is 10.1. The van der Waals surface area contributed by atoms with Crippen LogP contribution in [0.3, 0.4) is 0 Å². The van der Waals surface area contributed by atoms with Crippen LogP contribution in [0.2, 0.25) is 0 Å². The maximum atomic E-state index is 13.4. The van der Waals surface area contributed by atoms with E-state index in [1.165, 1.54) is 19.2 Å². The first-order valence-electron chi connectivity index (χ1n) is 10.0. The van der Waals surface area contributed by atoms with Gasteiger partial charge in [-0.2, -0.15) is 0 Å².